The standard InChI is InChI=1S/C30H35FN2O3/c31-28-19-24(8-12-30(28)36-16-15-33-13-3-1-2-4-14-33)32-29-20-26(35)10-11-27(29)23-6-5-22-18-25(34)9-7-21(22)17-23/h7-12,18-20,23,32,34-35H,1-6,13-17H2. The first-order chi connectivity index (χ1) is 17.5. The molecule has 1 aliphatic carbocycles. The molecule has 1 heterocycles. The molecule has 1 saturated heterocycles. The number of benzene rings is 3. The van der Waals surface area contributed by atoms with Crippen LogP contribution < -0.4 is 10.1 Å². The van der Waals surface area contributed by atoms with Crippen LogP contribution >= 0.6 is 0 Å². The van der Waals surface area contributed by atoms with Crippen molar-refractivity contribution in [3.8, 4) is 17.2 Å². The molecule has 0 saturated carbocycles. The number of nitrogens with zero attached hydrogens (tertiary/aromatic N) is 1. The highest BCUT2D eigenvalue weighted by molar-refractivity contribution is 5.66. The van der Waals surface area contributed by atoms with Gasteiger partial charge in [-0.3, -0.25) is 4.90 Å². The van der Waals surface area contributed by atoms with Crippen molar-refractivity contribution in [2.24, 2.45) is 0 Å². The van der Waals surface area contributed by atoms with Crippen molar-refractivity contribution in [2.75, 3.05) is 31.6 Å². The Balaban J connectivity index is 1.26. The zero-order valence-corrected chi connectivity index (χ0v) is 20.7. The van der Waals surface area contributed by atoms with E-state index in [1.165, 1.54) is 42.9 Å². The summed E-state index contributed by atoms with van der Waals surface area (Å²) < 4.78 is 20.6. The molecule has 0 bridgehead atoms. The molecule has 0 amide bonds. The lowest BCUT2D eigenvalue weighted by Gasteiger charge is -2.27. The fourth-order valence-corrected chi connectivity index (χ4v) is 5.51. The molecule has 5 rings (SSSR count). The predicted octanol–water partition coefficient (Wildman–Crippen LogP) is 6.51. The SMILES string of the molecule is Oc1ccc2c(c1)CCC(c1ccc(O)cc1Nc1ccc(OCCN3CCCCCC3)c(F)c1)C2. The molecular formula is C30H35FN2O3. The minimum absolute atomic E-state index is 0.163. The Morgan fingerprint density at radius 3 is 2.47 bits per heavy atom. The Labute approximate surface area is 212 Å². The average molecular weight is 491 g/mol. The summed E-state index contributed by atoms with van der Waals surface area (Å²) in [5.41, 5.74) is 4.89. The summed E-state index contributed by atoms with van der Waals surface area (Å²) in [4.78, 5) is 2.40. The van der Waals surface area contributed by atoms with Crippen molar-refractivity contribution in [3.05, 3.63) is 77.1 Å². The van der Waals surface area contributed by atoms with E-state index in [1.54, 1.807) is 24.3 Å². The van der Waals surface area contributed by atoms with Gasteiger partial charge in [0.2, 0.25) is 0 Å². The topological polar surface area (TPSA) is 65.0 Å². The number of aromatic hydroxyl groups is 2. The molecule has 5 nitrogen and oxygen atoms in total. The molecule has 1 aliphatic heterocycles. The normalized spacial score (nSPS) is 18.3. The highest BCUT2D eigenvalue weighted by atomic mass is 19.1. The van der Waals surface area contributed by atoms with Crippen molar-refractivity contribution in [1.29, 1.82) is 0 Å². The summed E-state index contributed by atoms with van der Waals surface area (Å²) in [5, 5.41) is 23.3. The van der Waals surface area contributed by atoms with E-state index in [0.29, 0.717) is 18.0 Å². The van der Waals surface area contributed by atoms with Crippen molar-refractivity contribution in [1.82, 2.24) is 4.90 Å². The second kappa shape index (κ2) is 11.2. The van der Waals surface area contributed by atoms with E-state index in [-0.39, 0.29) is 17.4 Å². The Bertz CT molecular complexity index is 1190. The molecule has 0 radical (unpaired) electrons. The minimum Gasteiger partial charge on any atom is -0.508 e. The lowest BCUT2D eigenvalue weighted by molar-refractivity contribution is 0.209. The van der Waals surface area contributed by atoms with Crippen LogP contribution in [0.5, 0.6) is 17.2 Å². The van der Waals surface area contributed by atoms with Crippen molar-refractivity contribution in [3.63, 3.8) is 0 Å². The van der Waals surface area contributed by atoms with E-state index in [9.17, 15) is 14.6 Å². The van der Waals surface area contributed by atoms with Gasteiger partial charge in [-0.15, -0.1) is 0 Å². The number of rotatable bonds is 7. The van der Waals surface area contributed by atoms with Gasteiger partial charge in [-0.2, -0.15) is 0 Å². The van der Waals surface area contributed by atoms with E-state index < -0.39 is 5.82 Å². The number of hydrogen-bond acceptors (Lipinski definition) is 5. The van der Waals surface area contributed by atoms with Crippen LogP contribution in [0.15, 0.2) is 54.6 Å². The second-order valence-electron chi connectivity index (χ2n) is 10.0. The van der Waals surface area contributed by atoms with Crippen LogP contribution in [-0.4, -0.2) is 41.4 Å². The molecule has 3 aromatic rings. The van der Waals surface area contributed by atoms with Crippen molar-refractivity contribution >= 4 is 11.4 Å². The fourth-order valence-electron chi connectivity index (χ4n) is 5.51. The van der Waals surface area contributed by atoms with Gasteiger partial charge in [0, 0.05) is 30.1 Å². The second-order valence-corrected chi connectivity index (χ2v) is 10.0. The predicted molar refractivity (Wildman–Crippen MR) is 141 cm³/mol. The zero-order chi connectivity index (χ0) is 24.9. The Kier molecular flexibility index (Phi) is 7.61. The number of aryl methyl sites for hydroxylation is 1. The van der Waals surface area contributed by atoms with Crippen molar-refractivity contribution in [2.45, 2.75) is 50.9 Å². The highest BCUT2D eigenvalue weighted by Gasteiger charge is 2.23. The number of anilines is 2. The number of halogens is 1. The number of phenolic OH excluding ortho intramolecular Hbond substituents is 2. The number of likely N-dealkylation sites (tertiary alicyclic amines) is 1. The van der Waals surface area contributed by atoms with Gasteiger partial charge >= 0.3 is 0 Å². The number of hydrogen-bond donors (Lipinski definition) is 3. The summed E-state index contributed by atoms with van der Waals surface area (Å²) >= 11 is 0. The summed E-state index contributed by atoms with van der Waals surface area (Å²) in [6.45, 7) is 3.48. The van der Waals surface area contributed by atoms with Crippen molar-refractivity contribution < 1.29 is 19.3 Å². The first-order valence-corrected chi connectivity index (χ1v) is 13.1. The van der Waals surface area contributed by atoms with Gasteiger partial charge in [0.15, 0.2) is 11.6 Å². The number of fused-ring (bicyclic) bond motifs is 1. The summed E-state index contributed by atoms with van der Waals surface area (Å²) in [6.07, 6.45) is 7.71. The van der Waals surface area contributed by atoms with Crippen LogP contribution in [0.2, 0.25) is 0 Å². The summed E-state index contributed by atoms with van der Waals surface area (Å²) in [6, 6.07) is 15.9. The van der Waals surface area contributed by atoms with E-state index in [0.717, 1.165) is 50.1 Å². The van der Waals surface area contributed by atoms with E-state index in [1.807, 2.05) is 24.3 Å². The molecule has 0 aromatic heterocycles. The van der Waals surface area contributed by atoms with Gasteiger partial charge in [0.05, 0.1) is 0 Å². The Morgan fingerprint density at radius 1 is 0.889 bits per heavy atom. The van der Waals surface area contributed by atoms with E-state index >= 15 is 0 Å². The van der Waals surface area contributed by atoms with Gasteiger partial charge in [0.25, 0.3) is 0 Å². The zero-order valence-electron chi connectivity index (χ0n) is 20.7. The first-order valence-electron chi connectivity index (χ1n) is 13.1. The van der Waals surface area contributed by atoms with Crippen LogP contribution in [0.1, 0.15) is 54.7 Å². The van der Waals surface area contributed by atoms with Gasteiger partial charge in [-0.05, 0) is 98.1 Å². The third-order valence-electron chi connectivity index (χ3n) is 7.47. The van der Waals surface area contributed by atoms with Gasteiger partial charge in [-0.1, -0.05) is 25.0 Å². The largest absolute Gasteiger partial charge is 0.508 e. The molecule has 190 valence electrons. The Hall–Kier alpha value is -3.25. The Morgan fingerprint density at radius 2 is 1.67 bits per heavy atom. The monoisotopic (exact) mass is 490 g/mol. The average Bonchev–Trinajstić information content (AvgIpc) is 3.14. The molecule has 1 unspecified atom stereocenters. The molecule has 6 heteroatoms. The van der Waals surface area contributed by atoms with Crippen LogP contribution in [0.3, 0.4) is 0 Å². The molecule has 1 atom stereocenters. The summed E-state index contributed by atoms with van der Waals surface area (Å²) in [7, 11) is 0. The number of nitrogens with one attached hydrogen (secondary N) is 1. The van der Waals surface area contributed by atoms with Gasteiger partial charge in [-0.25, -0.2) is 4.39 Å². The van der Waals surface area contributed by atoms with Crippen LogP contribution in [0.4, 0.5) is 15.8 Å². The number of ether oxygens (including phenoxy) is 1. The molecule has 1 fully saturated rings. The number of phenols is 2. The maximum atomic E-state index is 14.9. The van der Waals surface area contributed by atoms with E-state index in [4.69, 9.17) is 4.74 Å². The third kappa shape index (κ3) is 5.93. The van der Waals surface area contributed by atoms with E-state index in [2.05, 4.69) is 10.2 Å². The first kappa shape index (κ1) is 24.4. The lowest BCUT2D eigenvalue weighted by atomic mass is 9.79. The van der Waals surface area contributed by atoms with Gasteiger partial charge in [0.1, 0.15) is 18.1 Å². The van der Waals surface area contributed by atoms with Gasteiger partial charge < -0.3 is 20.3 Å². The lowest BCUT2D eigenvalue weighted by Crippen LogP contribution is -2.29. The quantitative estimate of drug-likeness (QED) is 0.352. The highest BCUT2D eigenvalue weighted by Crippen LogP contribution is 2.39. The summed E-state index contributed by atoms with van der Waals surface area (Å²) in [5.74, 6) is 0.589. The van der Waals surface area contributed by atoms with Crippen LogP contribution in [0.25, 0.3) is 0 Å². The molecular weight excluding hydrogens is 455 g/mol. The maximum Gasteiger partial charge on any atom is 0.167 e. The van der Waals surface area contributed by atoms with Crippen LogP contribution in [0, 0.1) is 5.82 Å². The fraction of sp³-hybridized carbons (Fsp3) is 0.400. The molecule has 36 heavy (non-hydrogen) atoms. The van der Waals surface area contributed by atoms with Crippen LogP contribution in [-0.2, 0) is 12.8 Å². The molecule has 2 aliphatic rings. The molecule has 3 aromatic carbocycles. The molecule has 3 N–H and O–H groups in total. The minimum atomic E-state index is -0.399. The maximum absolute atomic E-state index is 14.9. The molecule has 0 spiro atoms. The third-order valence-corrected chi connectivity index (χ3v) is 7.47. The smallest absolute Gasteiger partial charge is 0.167 e.